The van der Waals surface area contributed by atoms with E-state index in [-0.39, 0.29) is 38.3 Å². The zero-order valence-electron chi connectivity index (χ0n) is 19.6. The summed E-state index contributed by atoms with van der Waals surface area (Å²) in [5.74, 6) is -4.57. The fourth-order valence-electron chi connectivity index (χ4n) is 3.08. The van der Waals surface area contributed by atoms with E-state index < -0.39 is 42.0 Å². The van der Waals surface area contributed by atoms with E-state index in [1.165, 1.54) is 14.0 Å². The lowest BCUT2D eigenvalue weighted by atomic mass is 9.96. The molecule has 10 heteroatoms. The first-order chi connectivity index (χ1) is 16.2. The van der Waals surface area contributed by atoms with E-state index in [4.69, 9.17) is 19.3 Å². The lowest BCUT2D eigenvalue weighted by Gasteiger charge is -2.20. The Labute approximate surface area is 198 Å². The van der Waals surface area contributed by atoms with E-state index in [0.29, 0.717) is 19.6 Å². The summed E-state index contributed by atoms with van der Waals surface area (Å²) < 4.78 is 15.3. The molecule has 34 heavy (non-hydrogen) atoms. The van der Waals surface area contributed by atoms with E-state index in [9.17, 15) is 24.0 Å². The van der Waals surface area contributed by atoms with Crippen LogP contribution in [0.4, 0.5) is 0 Å². The number of amides is 1. The molecule has 0 radical (unpaired) electrons. The maximum absolute atomic E-state index is 12.8. The van der Waals surface area contributed by atoms with Crippen molar-refractivity contribution in [3.05, 3.63) is 35.9 Å². The molecule has 1 rings (SSSR count). The van der Waals surface area contributed by atoms with Crippen LogP contribution < -0.4 is 5.32 Å². The lowest BCUT2D eigenvalue weighted by molar-refractivity contribution is -0.149. The Kier molecular flexibility index (Phi) is 14.0. The Hall–Kier alpha value is -3.11. The van der Waals surface area contributed by atoms with Crippen molar-refractivity contribution in [1.29, 1.82) is 0 Å². The molecule has 0 aliphatic carbocycles. The van der Waals surface area contributed by atoms with E-state index in [1.54, 1.807) is 24.3 Å². The van der Waals surface area contributed by atoms with Gasteiger partial charge >= 0.3 is 11.9 Å². The largest absolute Gasteiger partial charge is 0.481 e. The van der Waals surface area contributed by atoms with Crippen LogP contribution in [0.3, 0.4) is 0 Å². The van der Waals surface area contributed by atoms with Crippen molar-refractivity contribution in [2.45, 2.75) is 51.7 Å². The molecule has 10 nitrogen and oxygen atoms in total. The van der Waals surface area contributed by atoms with Crippen LogP contribution in [0, 0.1) is 5.92 Å². The number of Topliss-reactive ketones (excluding diaryl/α,β-unsaturated/α-hetero) is 2. The summed E-state index contributed by atoms with van der Waals surface area (Å²) >= 11 is 0. The number of hydrogen-bond acceptors (Lipinski definition) is 8. The number of nitrogens with one attached hydrogen (secondary N) is 1. The average Bonchev–Trinajstić information content (AvgIpc) is 2.79. The Morgan fingerprint density at radius 1 is 0.971 bits per heavy atom. The highest BCUT2D eigenvalue weighted by molar-refractivity contribution is 5.94. The van der Waals surface area contributed by atoms with Crippen molar-refractivity contribution in [1.82, 2.24) is 5.32 Å². The minimum atomic E-state index is -1.28. The second-order valence-corrected chi connectivity index (χ2v) is 7.79. The summed E-state index contributed by atoms with van der Waals surface area (Å²) in [6.07, 6.45) is -0.883. The van der Waals surface area contributed by atoms with Crippen molar-refractivity contribution < 1.29 is 43.3 Å². The van der Waals surface area contributed by atoms with Crippen molar-refractivity contribution in [3.63, 3.8) is 0 Å². The quantitative estimate of drug-likeness (QED) is 0.237. The molecule has 0 aliphatic rings. The van der Waals surface area contributed by atoms with Crippen LogP contribution in [0.15, 0.2) is 30.3 Å². The van der Waals surface area contributed by atoms with E-state index in [0.717, 1.165) is 5.56 Å². The Morgan fingerprint density at radius 3 is 2.29 bits per heavy atom. The third-order valence-electron chi connectivity index (χ3n) is 4.79. The summed E-state index contributed by atoms with van der Waals surface area (Å²) in [7, 11) is 1.54. The number of rotatable bonds is 18. The molecule has 0 bridgehead atoms. The first kappa shape index (κ1) is 28.9. The Morgan fingerprint density at radius 2 is 1.68 bits per heavy atom. The van der Waals surface area contributed by atoms with Crippen LogP contribution in [0.2, 0.25) is 0 Å². The predicted molar refractivity (Wildman–Crippen MR) is 121 cm³/mol. The topological polar surface area (TPSA) is 145 Å². The van der Waals surface area contributed by atoms with Gasteiger partial charge in [0.05, 0.1) is 38.0 Å². The number of ether oxygens (including phenoxy) is 3. The van der Waals surface area contributed by atoms with Gasteiger partial charge in [-0.25, -0.2) is 0 Å². The summed E-state index contributed by atoms with van der Waals surface area (Å²) in [5, 5.41) is 11.6. The molecule has 1 amide bonds. The van der Waals surface area contributed by atoms with Crippen molar-refractivity contribution in [3.8, 4) is 0 Å². The van der Waals surface area contributed by atoms with Crippen molar-refractivity contribution in [2.24, 2.45) is 5.92 Å². The predicted octanol–water partition coefficient (Wildman–Crippen LogP) is 1.69. The summed E-state index contributed by atoms with van der Waals surface area (Å²) in [6.45, 7) is 2.35. The summed E-state index contributed by atoms with van der Waals surface area (Å²) in [5.41, 5.74) is 0.765. The number of hydrogen-bond donors (Lipinski definition) is 2. The number of methoxy groups -OCH3 is 1. The number of esters is 1. The molecule has 0 fully saturated rings. The molecule has 2 atom stereocenters. The molecule has 0 spiro atoms. The maximum Gasteiger partial charge on any atom is 0.306 e. The third kappa shape index (κ3) is 12.8. The molecule has 0 aromatic heterocycles. The van der Waals surface area contributed by atoms with Crippen LogP contribution in [-0.4, -0.2) is 67.5 Å². The SMILES string of the molecule is COCCOCCCC(=O)[C@H](CC(=O)O)NC(=O)[C@@H](CC(C)=O)CC(=O)OCc1ccccc1. The minimum absolute atomic E-state index is 0.00169. The Balaban J connectivity index is 2.69. The van der Waals surface area contributed by atoms with Crippen LogP contribution in [0.5, 0.6) is 0 Å². The van der Waals surface area contributed by atoms with Crippen LogP contribution in [0.25, 0.3) is 0 Å². The lowest BCUT2D eigenvalue weighted by Crippen LogP contribution is -2.45. The van der Waals surface area contributed by atoms with Gasteiger partial charge in [-0.2, -0.15) is 0 Å². The highest BCUT2D eigenvalue weighted by Gasteiger charge is 2.29. The highest BCUT2D eigenvalue weighted by Crippen LogP contribution is 2.14. The van der Waals surface area contributed by atoms with Gasteiger partial charge in [0.1, 0.15) is 12.4 Å². The van der Waals surface area contributed by atoms with Gasteiger partial charge in [0.2, 0.25) is 5.91 Å². The first-order valence-electron chi connectivity index (χ1n) is 11.0. The van der Waals surface area contributed by atoms with Gasteiger partial charge in [-0.05, 0) is 18.9 Å². The molecular weight excluding hydrogens is 446 g/mol. The summed E-state index contributed by atoms with van der Waals surface area (Å²) in [4.78, 5) is 60.4. The van der Waals surface area contributed by atoms with Gasteiger partial charge in [-0.3, -0.25) is 19.2 Å². The van der Waals surface area contributed by atoms with Gasteiger partial charge in [0, 0.05) is 26.6 Å². The molecule has 2 N–H and O–H groups in total. The molecule has 0 saturated carbocycles. The number of carboxylic acids is 1. The molecular formula is C24H33NO9. The highest BCUT2D eigenvalue weighted by atomic mass is 16.5. The van der Waals surface area contributed by atoms with Gasteiger partial charge in [0.15, 0.2) is 5.78 Å². The van der Waals surface area contributed by atoms with Gasteiger partial charge < -0.3 is 29.4 Å². The standard InChI is InChI=1S/C24H33NO9/c1-17(26)13-19(14-23(30)34-16-18-7-4-3-5-8-18)24(31)25-20(15-22(28)29)21(27)9-6-10-33-12-11-32-2/h3-5,7-8,19-20H,6,9-16H2,1-2H3,(H,25,31)(H,28,29)/t19-,20-/m0/s1. The number of benzene rings is 1. The molecule has 1 aromatic carbocycles. The van der Waals surface area contributed by atoms with E-state index in [1.807, 2.05) is 6.07 Å². The number of carboxylic acid groups (broad SMARTS) is 1. The second-order valence-electron chi connectivity index (χ2n) is 7.79. The van der Waals surface area contributed by atoms with Gasteiger partial charge in [-0.1, -0.05) is 30.3 Å². The van der Waals surface area contributed by atoms with Crippen LogP contribution in [-0.2, 0) is 44.8 Å². The number of aliphatic carboxylic acids is 1. The van der Waals surface area contributed by atoms with Crippen LogP contribution in [0.1, 0.15) is 44.6 Å². The first-order valence-corrected chi connectivity index (χ1v) is 11.0. The minimum Gasteiger partial charge on any atom is -0.481 e. The molecule has 1 aromatic rings. The van der Waals surface area contributed by atoms with E-state index in [2.05, 4.69) is 5.32 Å². The fraction of sp³-hybridized carbons (Fsp3) is 0.542. The molecule has 0 unspecified atom stereocenters. The monoisotopic (exact) mass is 479 g/mol. The van der Waals surface area contributed by atoms with E-state index >= 15 is 0 Å². The van der Waals surface area contributed by atoms with Crippen LogP contribution >= 0.6 is 0 Å². The normalized spacial score (nSPS) is 12.4. The number of carbonyl (C=O) groups is 5. The number of ketones is 2. The molecule has 188 valence electrons. The molecule has 0 saturated heterocycles. The zero-order valence-corrected chi connectivity index (χ0v) is 19.6. The smallest absolute Gasteiger partial charge is 0.306 e. The number of carbonyl (C=O) groups excluding carboxylic acids is 4. The van der Waals surface area contributed by atoms with Crippen molar-refractivity contribution >= 4 is 29.4 Å². The second kappa shape index (κ2) is 16.5. The zero-order chi connectivity index (χ0) is 25.3. The summed E-state index contributed by atoms with van der Waals surface area (Å²) in [6, 6.07) is 7.68. The third-order valence-corrected chi connectivity index (χ3v) is 4.79. The Bertz CT molecular complexity index is 810. The van der Waals surface area contributed by atoms with Gasteiger partial charge in [0.25, 0.3) is 0 Å². The fourth-order valence-corrected chi connectivity index (χ4v) is 3.08. The molecule has 0 aliphatic heterocycles. The van der Waals surface area contributed by atoms with Crippen molar-refractivity contribution in [2.75, 3.05) is 26.9 Å². The maximum atomic E-state index is 12.8. The molecule has 0 heterocycles. The van der Waals surface area contributed by atoms with Gasteiger partial charge in [-0.15, -0.1) is 0 Å². The average molecular weight is 480 g/mol.